The summed E-state index contributed by atoms with van der Waals surface area (Å²) in [5, 5.41) is 6.38. The summed E-state index contributed by atoms with van der Waals surface area (Å²) >= 11 is 0. The molecule has 0 radical (unpaired) electrons. The summed E-state index contributed by atoms with van der Waals surface area (Å²) in [5.41, 5.74) is 0. The van der Waals surface area contributed by atoms with Gasteiger partial charge in [-0.1, -0.05) is 6.92 Å². The molecule has 2 N–H and O–H groups in total. The standard InChI is InChI=1S/C14H28N2O3/c1-12-5-3-6-15-13(12)11-14(17)16-7-4-8-19-10-9-18-2/h12-13,15H,3-11H2,1-2H3,(H,16,17). The van der Waals surface area contributed by atoms with Crippen molar-refractivity contribution in [1.82, 2.24) is 10.6 Å². The molecule has 1 aliphatic heterocycles. The van der Waals surface area contributed by atoms with Crippen LogP contribution in [0.25, 0.3) is 0 Å². The second-order valence-electron chi connectivity index (χ2n) is 5.19. The molecular formula is C14H28N2O3. The minimum Gasteiger partial charge on any atom is -0.382 e. The summed E-state index contributed by atoms with van der Waals surface area (Å²) in [6.07, 6.45) is 3.88. The molecule has 1 saturated heterocycles. The molecule has 0 bridgehead atoms. The van der Waals surface area contributed by atoms with Crippen LogP contribution in [0.2, 0.25) is 0 Å². The molecule has 0 aromatic heterocycles. The minimum absolute atomic E-state index is 0.142. The van der Waals surface area contributed by atoms with Crippen LogP contribution in [0.1, 0.15) is 32.6 Å². The van der Waals surface area contributed by atoms with Crippen molar-refractivity contribution < 1.29 is 14.3 Å². The van der Waals surface area contributed by atoms with Gasteiger partial charge in [0.15, 0.2) is 0 Å². The van der Waals surface area contributed by atoms with Crippen molar-refractivity contribution in [3.05, 3.63) is 0 Å². The van der Waals surface area contributed by atoms with Crippen molar-refractivity contribution in [3.8, 4) is 0 Å². The van der Waals surface area contributed by atoms with Gasteiger partial charge in [-0.05, 0) is 31.7 Å². The van der Waals surface area contributed by atoms with Crippen LogP contribution in [-0.2, 0) is 14.3 Å². The summed E-state index contributed by atoms with van der Waals surface area (Å²) in [6, 6.07) is 0.340. The first-order valence-corrected chi connectivity index (χ1v) is 7.30. The fourth-order valence-electron chi connectivity index (χ4n) is 2.31. The first-order chi connectivity index (χ1) is 9.24. The van der Waals surface area contributed by atoms with Gasteiger partial charge in [0.05, 0.1) is 13.2 Å². The summed E-state index contributed by atoms with van der Waals surface area (Å²) < 4.78 is 10.2. The van der Waals surface area contributed by atoms with Crippen LogP contribution in [0.4, 0.5) is 0 Å². The number of piperidine rings is 1. The van der Waals surface area contributed by atoms with E-state index in [-0.39, 0.29) is 5.91 Å². The Morgan fingerprint density at radius 3 is 2.95 bits per heavy atom. The third-order valence-electron chi connectivity index (χ3n) is 3.55. The molecule has 5 heteroatoms. The first kappa shape index (κ1) is 16.4. The van der Waals surface area contributed by atoms with Crippen molar-refractivity contribution in [2.75, 3.05) is 40.0 Å². The number of hydrogen-bond donors (Lipinski definition) is 2. The maximum atomic E-state index is 11.8. The van der Waals surface area contributed by atoms with Gasteiger partial charge in [0.2, 0.25) is 5.91 Å². The number of hydrogen-bond acceptors (Lipinski definition) is 4. The van der Waals surface area contributed by atoms with Crippen LogP contribution in [0.5, 0.6) is 0 Å². The maximum Gasteiger partial charge on any atom is 0.221 e. The lowest BCUT2D eigenvalue weighted by molar-refractivity contribution is -0.122. The smallest absolute Gasteiger partial charge is 0.221 e. The zero-order valence-electron chi connectivity index (χ0n) is 12.2. The third kappa shape index (κ3) is 7.50. The highest BCUT2D eigenvalue weighted by Gasteiger charge is 2.22. The Balaban J connectivity index is 1.98. The van der Waals surface area contributed by atoms with Gasteiger partial charge in [-0.2, -0.15) is 0 Å². The Bertz CT molecular complexity index is 249. The van der Waals surface area contributed by atoms with E-state index in [2.05, 4.69) is 17.6 Å². The van der Waals surface area contributed by atoms with Crippen LogP contribution in [-0.4, -0.2) is 52.0 Å². The Hall–Kier alpha value is -0.650. The number of rotatable bonds is 9. The van der Waals surface area contributed by atoms with E-state index in [4.69, 9.17) is 9.47 Å². The van der Waals surface area contributed by atoms with Crippen LogP contribution < -0.4 is 10.6 Å². The highest BCUT2D eigenvalue weighted by Crippen LogP contribution is 2.17. The quantitative estimate of drug-likeness (QED) is 0.613. The lowest BCUT2D eigenvalue weighted by atomic mass is 9.90. The summed E-state index contributed by atoms with van der Waals surface area (Å²) in [4.78, 5) is 11.8. The van der Waals surface area contributed by atoms with E-state index in [0.29, 0.717) is 44.7 Å². The van der Waals surface area contributed by atoms with Crippen molar-refractivity contribution >= 4 is 5.91 Å². The third-order valence-corrected chi connectivity index (χ3v) is 3.55. The average Bonchev–Trinajstić information content (AvgIpc) is 2.40. The molecule has 0 spiro atoms. The van der Waals surface area contributed by atoms with Crippen LogP contribution in [0, 0.1) is 5.92 Å². The van der Waals surface area contributed by atoms with Gasteiger partial charge in [-0.25, -0.2) is 0 Å². The molecule has 5 nitrogen and oxygen atoms in total. The van der Waals surface area contributed by atoms with Gasteiger partial charge < -0.3 is 20.1 Å². The molecule has 1 heterocycles. The van der Waals surface area contributed by atoms with Crippen LogP contribution in [0.15, 0.2) is 0 Å². The van der Waals surface area contributed by atoms with Crippen LogP contribution in [0.3, 0.4) is 0 Å². The number of ether oxygens (including phenoxy) is 2. The molecule has 0 saturated carbocycles. The highest BCUT2D eigenvalue weighted by molar-refractivity contribution is 5.76. The molecule has 19 heavy (non-hydrogen) atoms. The van der Waals surface area contributed by atoms with E-state index in [0.717, 1.165) is 13.0 Å². The average molecular weight is 272 g/mol. The second-order valence-corrected chi connectivity index (χ2v) is 5.19. The van der Waals surface area contributed by atoms with E-state index in [1.165, 1.54) is 12.8 Å². The molecule has 1 rings (SSSR count). The first-order valence-electron chi connectivity index (χ1n) is 7.30. The molecule has 2 atom stereocenters. The SMILES string of the molecule is COCCOCCCNC(=O)CC1NCCCC1C. The molecule has 2 unspecified atom stereocenters. The number of carbonyl (C=O) groups excluding carboxylic acids is 1. The maximum absolute atomic E-state index is 11.8. The van der Waals surface area contributed by atoms with Gasteiger partial charge >= 0.3 is 0 Å². The van der Waals surface area contributed by atoms with Crippen molar-refractivity contribution in [1.29, 1.82) is 0 Å². The molecule has 1 fully saturated rings. The molecule has 1 aliphatic rings. The predicted octanol–water partition coefficient (Wildman–Crippen LogP) is 0.934. The lowest BCUT2D eigenvalue weighted by Crippen LogP contribution is -2.43. The highest BCUT2D eigenvalue weighted by atomic mass is 16.5. The largest absolute Gasteiger partial charge is 0.382 e. The Morgan fingerprint density at radius 1 is 1.37 bits per heavy atom. The molecule has 112 valence electrons. The molecule has 0 aromatic carbocycles. The van der Waals surface area contributed by atoms with Gasteiger partial charge in [0.1, 0.15) is 0 Å². The predicted molar refractivity (Wildman–Crippen MR) is 75.1 cm³/mol. The van der Waals surface area contributed by atoms with Gasteiger partial charge in [0.25, 0.3) is 0 Å². The van der Waals surface area contributed by atoms with E-state index in [1.807, 2.05) is 0 Å². The second kappa shape index (κ2) is 10.2. The number of methoxy groups -OCH3 is 1. The number of carbonyl (C=O) groups is 1. The van der Waals surface area contributed by atoms with Gasteiger partial charge in [-0.15, -0.1) is 0 Å². The Labute approximate surface area is 116 Å². The van der Waals surface area contributed by atoms with E-state index >= 15 is 0 Å². The molecule has 0 aliphatic carbocycles. The van der Waals surface area contributed by atoms with E-state index in [9.17, 15) is 4.79 Å². The topological polar surface area (TPSA) is 59.6 Å². The molecular weight excluding hydrogens is 244 g/mol. The summed E-state index contributed by atoms with van der Waals surface area (Å²) in [5.74, 6) is 0.736. The molecule has 0 aromatic rings. The van der Waals surface area contributed by atoms with Crippen LogP contribution >= 0.6 is 0 Å². The fourth-order valence-corrected chi connectivity index (χ4v) is 2.31. The zero-order chi connectivity index (χ0) is 13.9. The molecule has 1 amide bonds. The van der Waals surface area contributed by atoms with Crippen molar-refractivity contribution in [2.45, 2.75) is 38.6 Å². The van der Waals surface area contributed by atoms with E-state index in [1.54, 1.807) is 7.11 Å². The number of amides is 1. The normalized spacial score (nSPS) is 23.3. The monoisotopic (exact) mass is 272 g/mol. The Morgan fingerprint density at radius 2 is 2.21 bits per heavy atom. The van der Waals surface area contributed by atoms with Gasteiger partial charge in [-0.3, -0.25) is 4.79 Å². The fraction of sp³-hybridized carbons (Fsp3) is 0.929. The van der Waals surface area contributed by atoms with E-state index < -0.39 is 0 Å². The van der Waals surface area contributed by atoms with Crippen molar-refractivity contribution in [2.24, 2.45) is 5.92 Å². The van der Waals surface area contributed by atoms with Crippen molar-refractivity contribution in [3.63, 3.8) is 0 Å². The van der Waals surface area contributed by atoms with Gasteiger partial charge in [0, 0.05) is 32.7 Å². The summed E-state index contributed by atoms with van der Waals surface area (Å²) in [6.45, 7) is 5.85. The minimum atomic E-state index is 0.142. The zero-order valence-corrected chi connectivity index (χ0v) is 12.2. The number of nitrogens with one attached hydrogen (secondary N) is 2. The summed E-state index contributed by atoms with van der Waals surface area (Å²) in [7, 11) is 1.66. The Kier molecular flexibility index (Phi) is 8.79. The lowest BCUT2D eigenvalue weighted by Gasteiger charge is -2.29.